The van der Waals surface area contributed by atoms with Crippen molar-refractivity contribution in [3.8, 4) is 0 Å². The predicted octanol–water partition coefficient (Wildman–Crippen LogP) is 3.92. The lowest BCUT2D eigenvalue weighted by Crippen LogP contribution is -2.21. The van der Waals surface area contributed by atoms with Crippen LogP contribution in [0.2, 0.25) is 0 Å². The second kappa shape index (κ2) is 5.24. The van der Waals surface area contributed by atoms with Gasteiger partial charge in [0.1, 0.15) is 17.2 Å². The van der Waals surface area contributed by atoms with Gasteiger partial charge in [0.2, 0.25) is 5.95 Å². The molecule has 3 heterocycles. The van der Waals surface area contributed by atoms with Crippen LogP contribution in [0, 0.1) is 11.8 Å². The van der Waals surface area contributed by atoms with Crippen molar-refractivity contribution in [2.24, 2.45) is 0 Å². The fraction of sp³-hybridized carbons (Fsp3) is 0.158. The first-order valence-corrected chi connectivity index (χ1v) is 7.74. The summed E-state index contributed by atoms with van der Waals surface area (Å²) in [6, 6.07) is 7.01. The smallest absolute Gasteiger partial charge is 0.260 e. The molecule has 0 saturated heterocycles. The fourth-order valence-corrected chi connectivity index (χ4v) is 3.14. The average Bonchev–Trinajstić information content (AvgIpc) is 3.03. The number of aromatic nitrogens is 1. The van der Waals surface area contributed by atoms with E-state index >= 15 is 0 Å². The summed E-state index contributed by atoms with van der Waals surface area (Å²) in [7, 11) is 0. The van der Waals surface area contributed by atoms with Crippen LogP contribution in [0.15, 0.2) is 48.4 Å². The highest BCUT2D eigenvalue weighted by molar-refractivity contribution is 6.32. The number of hydrogen-bond donors (Lipinski definition) is 1. The molecule has 25 heavy (non-hydrogen) atoms. The molecule has 126 valence electrons. The molecule has 0 aliphatic carbocycles. The number of rotatable bonds is 1. The van der Waals surface area contributed by atoms with E-state index in [9.17, 15) is 13.6 Å². The van der Waals surface area contributed by atoms with Crippen LogP contribution in [0.4, 0.5) is 14.5 Å². The zero-order chi connectivity index (χ0) is 17.8. The highest BCUT2D eigenvalue weighted by Crippen LogP contribution is 2.44. The summed E-state index contributed by atoms with van der Waals surface area (Å²) in [5, 5.41) is 2.65. The quantitative estimate of drug-likeness (QED) is 0.632. The number of nitrogens with zero attached hydrogens (tertiary/aromatic N) is 1. The van der Waals surface area contributed by atoms with Crippen molar-refractivity contribution in [1.29, 1.82) is 0 Å². The minimum atomic E-state index is -0.717. The number of amides is 1. The topological polar surface area (TPSA) is 51.2 Å². The van der Waals surface area contributed by atoms with Gasteiger partial charge in [0.25, 0.3) is 5.91 Å². The summed E-state index contributed by atoms with van der Waals surface area (Å²) in [6.07, 6.45) is 3.18. The SMILES string of the molecule is CC1(C)O/C(=C2/C(=O)Nc3cc(F)ccc32)C=C1c1ccc(F)nc1. The third-order valence-electron chi connectivity index (χ3n) is 4.30. The van der Waals surface area contributed by atoms with Gasteiger partial charge in [0.15, 0.2) is 0 Å². The molecule has 1 aromatic heterocycles. The Bertz CT molecular complexity index is 960. The predicted molar refractivity (Wildman–Crippen MR) is 89.3 cm³/mol. The number of carbonyl (C=O) groups excluding carboxylic acids is 1. The van der Waals surface area contributed by atoms with E-state index in [1.807, 2.05) is 13.8 Å². The van der Waals surface area contributed by atoms with E-state index in [1.165, 1.54) is 24.4 Å². The Kier molecular flexibility index (Phi) is 3.25. The van der Waals surface area contributed by atoms with Crippen LogP contribution >= 0.6 is 0 Å². The van der Waals surface area contributed by atoms with E-state index in [4.69, 9.17) is 4.74 Å². The number of allylic oxidation sites excluding steroid dienone is 1. The van der Waals surface area contributed by atoms with Crippen LogP contribution < -0.4 is 5.32 Å². The van der Waals surface area contributed by atoms with Crippen LogP contribution in [0.25, 0.3) is 11.1 Å². The maximum absolute atomic E-state index is 13.4. The average molecular weight is 340 g/mol. The lowest BCUT2D eigenvalue weighted by atomic mass is 9.93. The van der Waals surface area contributed by atoms with Crippen LogP contribution in [0.5, 0.6) is 0 Å². The summed E-state index contributed by atoms with van der Waals surface area (Å²) < 4.78 is 32.5. The highest BCUT2D eigenvalue weighted by Gasteiger charge is 2.38. The lowest BCUT2D eigenvalue weighted by molar-refractivity contribution is -0.111. The molecule has 2 aliphatic heterocycles. The van der Waals surface area contributed by atoms with Crippen LogP contribution in [0.1, 0.15) is 25.0 Å². The van der Waals surface area contributed by atoms with Gasteiger partial charge in [-0.25, -0.2) is 9.37 Å². The molecule has 0 unspecified atom stereocenters. The molecule has 6 heteroatoms. The van der Waals surface area contributed by atoms with Gasteiger partial charge in [-0.05, 0) is 50.3 Å². The van der Waals surface area contributed by atoms with Gasteiger partial charge < -0.3 is 10.1 Å². The Morgan fingerprint density at radius 2 is 1.96 bits per heavy atom. The van der Waals surface area contributed by atoms with Gasteiger partial charge in [-0.15, -0.1) is 0 Å². The summed E-state index contributed by atoms with van der Waals surface area (Å²) >= 11 is 0. The first kappa shape index (κ1) is 15.5. The van der Waals surface area contributed by atoms with Crippen molar-refractivity contribution in [3.63, 3.8) is 0 Å². The summed E-state index contributed by atoms with van der Waals surface area (Å²) in [6.45, 7) is 3.71. The Labute approximate surface area is 142 Å². The monoisotopic (exact) mass is 340 g/mol. The van der Waals surface area contributed by atoms with Gasteiger partial charge in [0.05, 0.1) is 11.3 Å². The molecule has 0 atom stereocenters. The van der Waals surface area contributed by atoms with E-state index < -0.39 is 17.4 Å². The van der Waals surface area contributed by atoms with Crippen molar-refractivity contribution in [2.75, 3.05) is 5.32 Å². The van der Waals surface area contributed by atoms with Crippen molar-refractivity contribution in [2.45, 2.75) is 19.4 Å². The number of ether oxygens (including phenoxy) is 1. The minimum absolute atomic E-state index is 0.346. The highest BCUT2D eigenvalue weighted by atomic mass is 19.1. The third kappa shape index (κ3) is 2.50. The second-order valence-corrected chi connectivity index (χ2v) is 6.42. The molecular weight excluding hydrogens is 326 g/mol. The van der Waals surface area contributed by atoms with Gasteiger partial charge in [0, 0.05) is 22.9 Å². The molecular formula is C19H14F2N2O2. The molecule has 0 fully saturated rings. The summed E-state index contributed by atoms with van der Waals surface area (Å²) in [4.78, 5) is 16.0. The Balaban J connectivity index is 1.86. The molecule has 0 saturated carbocycles. The molecule has 0 spiro atoms. The third-order valence-corrected chi connectivity index (χ3v) is 4.30. The molecule has 4 rings (SSSR count). The number of carbonyl (C=O) groups is 1. The standard InChI is InChI=1S/C19H14F2N2O2/c1-19(2)13(10-3-6-16(21)22-9-10)8-15(25-19)17-12-5-4-11(20)7-14(12)23-18(17)24/h3-9H,1-2H3,(H,23,24)/b17-15+. The fourth-order valence-electron chi connectivity index (χ4n) is 3.14. The number of nitrogens with one attached hydrogen (secondary N) is 1. The first-order chi connectivity index (χ1) is 11.8. The van der Waals surface area contributed by atoms with E-state index in [2.05, 4.69) is 10.3 Å². The second-order valence-electron chi connectivity index (χ2n) is 6.42. The normalized spacial score (nSPS) is 20.8. The Morgan fingerprint density at radius 3 is 2.68 bits per heavy atom. The first-order valence-electron chi connectivity index (χ1n) is 7.74. The Hall–Kier alpha value is -3.02. The molecule has 1 N–H and O–H groups in total. The maximum atomic E-state index is 13.4. The number of benzene rings is 1. The molecule has 1 aromatic carbocycles. The maximum Gasteiger partial charge on any atom is 0.260 e. The molecule has 2 aliphatic rings. The molecule has 2 aromatic rings. The van der Waals surface area contributed by atoms with Crippen molar-refractivity contribution >= 4 is 22.7 Å². The molecule has 0 radical (unpaired) electrons. The zero-order valence-electron chi connectivity index (χ0n) is 13.6. The van der Waals surface area contributed by atoms with Gasteiger partial charge in [-0.2, -0.15) is 4.39 Å². The molecule has 1 amide bonds. The number of hydrogen-bond acceptors (Lipinski definition) is 3. The van der Waals surface area contributed by atoms with Crippen molar-refractivity contribution in [3.05, 3.63) is 71.3 Å². The van der Waals surface area contributed by atoms with Crippen molar-refractivity contribution in [1.82, 2.24) is 4.98 Å². The largest absolute Gasteiger partial charge is 0.482 e. The lowest BCUT2D eigenvalue weighted by Gasteiger charge is -2.23. The Morgan fingerprint density at radius 1 is 1.16 bits per heavy atom. The van der Waals surface area contributed by atoms with E-state index in [1.54, 1.807) is 18.2 Å². The van der Waals surface area contributed by atoms with Crippen LogP contribution in [-0.4, -0.2) is 16.5 Å². The number of fused-ring (bicyclic) bond motifs is 1. The number of pyridine rings is 1. The van der Waals surface area contributed by atoms with Crippen LogP contribution in [0.3, 0.4) is 0 Å². The van der Waals surface area contributed by atoms with Gasteiger partial charge in [-0.1, -0.05) is 0 Å². The zero-order valence-corrected chi connectivity index (χ0v) is 13.6. The molecule has 4 nitrogen and oxygen atoms in total. The van der Waals surface area contributed by atoms with Crippen molar-refractivity contribution < 1.29 is 18.3 Å². The van der Waals surface area contributed by atoms with Crippen LogP contribution in [-0.2, 0) is 9.53 Å². The molecule has 0 bridgehead atoms. The summed E-state index contributed by atoms with van der Waals surface area (Å²) in [5.74, 6) is -0.939. The van der Waals surface area contributed by atoms with Gasteiger partial charge >= 0.3 is 0 Å². The van der Waals surface area contributed by atoms with E-state index in [0.29, 0.717) is 28.1 Å². The minimum Gasteiger partial charge on any atom is -0.482 e. The number of halogens is 2. The number of anilines is 1. The van der Waals surface area contributed by atoms with E-state index in [-0.39, 0.29) is 5.91 Å². The van der Waals surface area contributed by atoms with Gasteiger partial charge in [-0.3, -0.25) is 4.79 Å². The van der Waals surface area contributed by atoms with E-state index in [0.717, 1.165) is 5.57 Å². The summed E-state index contributed by atoms with van der Waals surface area (Å²) in [5.41, 5.74) is 2.13.